The number of piperidine rings is 1. The van der Waals surface area contributed by atoms with Crippen molar-refractivity contribution < 1.29 is 8.42 Å². The Kier molecular flexibility index (Phi) is 4.36. The van der Waals surface area contributed by atoms with Gasteiger partial charge in [0.05, 0.1) is 11.9 Å². The summed E-state index contributed by atoms with van der Waals surface area (Å²) < 4.78 is 26.5. The first-order valence-corrected chi connectivity index (χ1v) is 7.89. The van der Waals surface area contributed by atoms with Crippen LogP contribution < -0.4 is 10.0 Å². The highest BCUT2D eigenvalue weighted by Crippen LogP contribution is 2.14. The van der Waals surface area contributed by atoms with Crippen molar-refractivity contribution in [2.24, 2.45) is 5.92 Å². The summed E-state index contributed by atoms with van der Waals surface area (Å²) in [5, 5.41) is 9.90. The summed E-state index contributed by atoms with van der Waals surface area (Å²) in [4.78, 5) is 0. The largest absolute Gasteiger partial charge is 0.317 e. The molecule has 0 spiro atoms. The van der Waals surface area contributed by atoms with Gasteiger partial charge in [0.15, 0.2) is 0 Å². The zero-order chi connectivity index (χ0) is 13.0. The third kappa shape index (κ3) is 3.79. The number of hydrogen-bond acceptors (Lipinski definition) is 4. The van der Waals surface area contributed by atoms with Gasteiger partial charge in [-0.1, -0.05) is 0 Å². The Labute approximate surface area is 108 Å². The summed E-state index contributed by atoms with van der Waals surface area (Å²) in [5.41, 5.74) is 1.79. The number of aromatic amines is 1. The van der Waals surface area contributed by atoms with Gasteiger partial charge in [0.1, 0.15) is 0 Å². The lowest BCUT2D eigenvalue weighted by Crippen LogP contribution is -2.35. The van der Waals surface area contributed by atoms with Gasteiger partial charge in [0.2, 0.25) is 10.0 Å². The molecular formula is C11H20N4O2S. The van der Waals surface area contributed by atoms with Crippen LogP contribution in [-0.4, -0.2) is 37.5 Å². The van der Waals surface area contributed by atoms with Crippen molar-refractivity contribution in [3.05, 3.63) is 17.5 Å². The van der Waals surface area contributed by atoms with Gasteiger partial charge in [-0.25, -0.2) is 13.1 Å². The molecule has 2 heterocycles. The van der Waals surface area contributed by atoms with Crippen LogP contribution in [-0.2, 0) is 16.6 Å². The summed E-state index contributed by atoms with van der Waals surface area (Å²) in [6.07, 6.45) is 3.53. The molecule has 0 bridgehead atoms. The van der Waals surface area contributed by atoms with Crippen LogP contribution >= 0.6 is 0 Å². The van der Waals surface area contributed by atoms with E-state index >= 15 is 0 Å². The number of aromatic nitrogens is 2. The minimum absolute atomic E-state index is 0.228. The highest BCUT2D eigenvalue weighted by atomic mass is 32.2. The van der Waals surface area contributed by atoms with Crippen LogP contribution in [0.3, 0.4) is 0 Å². The minimum Gasteiger partial charge on any atom is -0.317 e. The molecule has 102 valence electrons. The first-order chi connectivity index (χ1) is 8.57. The fourth-order valence-electron chi connectivity index (χ4n) is 2.16. The average Bonchev–Trinajstić information content (AvgIpc) is 2.73. The lowest BCUT2D eigenvalue weighted by molar-refractivity contribution is 0.400. The van der Waals surface area contributed by atoms with Crippen molar-refractivity contribution in [2.75, 3.05) is 18.8 Å². The molecule has 0 aromatic carbocycles. The lowest BCUT2D eigenvalue weighted by atomic mass is 10.0. The smallest absolute Gasteiger partial charge is 0.212 e. The molecule has 1 aromatic rings. The predicted octanol–water partition coefficient (Wildman–Crippen LogP) is 0.137. The van der Waals surface area contributed by atoms with E-state index in [9.17, 15) is 8.42 Å². The quantitative estimate of drug-likeness (QED) is 0.711. The third-order valence-corrected chi connectivity index (χ3v) is 4.83. The molecule has 7 heteroatoms. The Hall–Kier alpha value is -0.920. The second-order valence-corrected chi connectivity index (χ2v) is 6.67. The van der Waals surface area contributed by atoms with Crippen molar-refractivity contribution in [1.82, 2.24) is 20.2 Å². The number of hydrogen-bond donors (Lipinski definition) is 3. The van der Waals surface area contributed by atoms with Crippen molar-refractivity contribution in [3.8, 4) is 0 Å². The van der Waals surface area contributed by atoms with Gasteiger partial charge in [-0.3, -0.25) is 5.10 Å². The van der Waals surface area contributed by atoms with Crippen molar-refractivity contribution >= 4 is 10.0 Å². The zero-order valence-electron chi connectivity index (χ0n) is 10.6. The van der Waals surface area contributed by atoms with E-state index in [0.717, 1.165) is 37.2 Å². The van der Waals surface area contributed by atoms with E-state index in [0.29, 0.717) is 6.54 Å². The maximum atomic E-state index is 11.9. The standard InChI is InChI=1S/C11H20N4O2S/c1-9-11(6-13-15-9)7-14-18(16,17)8-10-2-4-12-5-3-10/h6,10,12,14H,2-5,7-8H2,1H3,(H,13,15). The fourth-order valence-corrected chi connectivity index (χ4v) is 3.61. The van der Waals surface area contributed by atoms with Crippen LogP contribution in [0.2, 0.25) is 0 Å². The first kappa shape index (κ1) is 13.5. The third-order valence-electron chi connectivity index (χ3n) is 3.33. The van der Waals surface area contributed by atoms with Gasteiger partial charge in [0.25, 0.3) is 0 Å². The Morgan fingerprint density at radius 3 is 2.78 bits per heavy atom. The Morgan fingerprint density at radius 1 is 1.44 bits per heavy atom. The maximum Gasteiger partial charge on any atom is 0.212 e. The van der Waals surface area contributed by atoms with Gasteiger partial charge >= 0.3 is 0 Å². The molecule has 3 N–H and O–H groups in total. The fraction of sp³-hybridized carbons (Fsp3) is 0.727. The minimum atomic E-state index is -3.19. The summed E-state index contributed by atoms with van der Waals surface area (Å²) >= 11 is 0. The number of rotatable bonds is 5. The molecule has 0 saturated carbocycles. The highest BCUT2D eigenvalue weighted by Gasteiger charge is 2.21. The van der Waals surface area contributed by atoms with E-state index < -0.39 is 10.0 Å². The molecule has 0 atom stereocenters. The Bertz CT molecular complexity index is 477. The number of aryl methyl sites for hydroxylation is 1. The van der Waals surface area contributed by atoms with Crippen LogP contribution in [0.5, 0.6) is 0 Å². The summed E-state index contributed by atoms with van der Waals surface area (Å²) in [5.74, 6) is 0.500. The first-order valence-electron chi connectivity index (χ1n) is 6.24. The molecule has 1 aliphatic heterocycles. The molecule has 1 aromatic heterocycles. The molecule has 0 unspecified atom stereocenters. The van der Waals surface area contributed by atoms with Crippen LogP contribution in [0.1, 0.15) is 24.1 Å². The molecule has 6 nitrogen and oxygen atoms in total. The van der Waals surface area contributed by atoms with Crippen molar-refractivity contribution in [1.29, 1.82) is 0 Å². The predicted molar refractivity (Wildman–Crippen MR) is 69.5 cm³/mol. The molecule has 1 aliphatic rings. The Balaban J connectivity index is 1.85. The van der Waals surface area contributed by atoms with Crippen LogP contribution in [0.4, 0.5) is 0 Å². The van der Waals surface area contributed by atoms with E-state index in [1.807, 2.05) is 6.92 Å². The number of nitrogens with one attached hydrogen (secondary N) is 3. The molecule has 0 aliphatic carbocycles. The SMILES string of the molecule is Cc1[nH]ncc1CNS(=O)(=O)CC1CCNCC1. The van der Waals surface area contributed by atoms with Crippen molar-refractivity contribution in [3.63, 3.8) is 0 Å². The van der Waals surface area contributed by atoms with Gasteiger partial charge < -0.3 is 5.32 Å². The van der Waals surface area contributed by atoms with E-state index in [1.165, 1.54) is 0 Å². The topological polar surface area (TPSA) is 86.9 Å². The van der Waals surface area contributed by atoms with Gasteiger partial charge in [-0.2, -0.15) is 5.10 Å². The molecule has 18 heavy (non-hydrogen) atoms. The number of nitrogens with zero attached hydrogens (tertiary/aromatic N) is 1. The van der Waals surface area contributed by atoms with E-state index in [2.05, 4.69) is 20.2 Å². The van der Waals surface area contributed by atoms with Crippen LogP contribution in [0.25, 0.3) is 0 Å². The molecule has 1 fully saturated rings. The average molecular weight is 272 g/mol. The number of sulfonamides is 1. The van der Waals surface area contributed by atoms with Crippen LogP contribution in [0.15, 0.2) is 6.20 Å². The zero-order valence-corrected chi connectivity index (χ0v) is 11.4. The van der Waals surface area contributed by atoms with E-state index in [-0.39, 0.29) is 11.7 Å². The van der Waals surface area contributed by atoms with Gasteiger partial charge in [-0.05, 0) is 38.8 Å². The van der Waals surface area contributed by atoms with Crippen molar-refractivity contribution in [2.45, 2.75) is 26.3 Å². The summed E-state index contributed by atoms with van der Waals surface area (Å²) in [6, 6.07) is 0. The van der Waals surface area contributed by atoms with Gasteiger partial charge in [-0.15, -0.1) is 0 Å². The summed E-state index contributed by atoms with van der Waals surface area (Å²) in [6.45, 7) is 4.03. The van der Waals surface area contributed by atoms with Gasteiger partial charge in [0, 0.05) is 17.8 Å². The monoisotopic (exact) mass is 272 g/mol. The maximum absolute atomic E-state index is 11.9. The molecule has 1 saturated heterocycles. The Morgan fingerprint density at radius 2 is 2.17 bits per heavy atom. The molecule has 2 rings (SSSR count). The highest BCUT2D eigenvalue weighted by molar-refractivity contribution is 7.89. The normalized spacial score (nSPS) is 18.1. The molecule has 0 amide bonds. The second kappa shape index (κ2) is 5.81. The molecule has 0 radical (unpaired) electrons. The second-order valence-electron chi connectivity index (χ2n) is 4.82. The number of H-pyrrole nitrogens is 1. The summed E-state index contributed by atoms with van der Waals surface area (Å²) in [7, 11) is -3.19. The van der Waals surface area contributed by atoms with E-state index in [4.69, 9.17) is 0 Å². The lowest BCUT2D eigenvalue weighted by Gasteiger charge is -2.22. The van der Waals surface area contributed by atoms with E-state index in [1.54, 1.807) is 6.20 Å². The molecular weight excluding hydrogens is 252 g/mol. The van der Waals surface area contributed by atoms with Crippen LogP contribution in [0, 0.1) is 12.8 Å².